The molecule has 1 aromatic carbocycles. The van der Waals surface area contributed by atoms with Crippen LogP contribution in [0, 0.1) is 23.7 Å². The molecule has 4 bridgehead atoms. The van der Waals surface area contributed by atoms with Gasteiger partial charge in [0.2, 0.25) is 0 Å². The highest BCUT2D eigenvalue weighted by Crippen LogP contribution is 2.53. The fourth-order valence-corrected chi connectivity index (χ4v) is 6.39. The summed E-state index contributed by atoms with van der Waals surface area (Å²) < 4.78 is 0. The number of H-pyrrole nitrogens is 1. The third-order valence-electron chi connectivity index (χ3n) is 6.32. The normalized spacial score (nSPS) is 35.2. The molecule has 0 aliphatic heterocycles. The van der Waals surface area contributed by atoms with Gasteiger partial charge in [-0.05, 0) is 67.9 Å². The zero-order valence-electron chi connectivity index (χ0n) is 13.5. The molecule has 4 saturated carbocycles. The minimum absolute atomic E-state index is 0.805. The number of benzene rings is 1. The summed E-state index contributed by atoms with van der Waals surface area (Å²) in [5.41, 5.74) is 2.22. The molecule has 3 nitrogen and oxygen atoms in total. The molecule has 0 unspecified atom stereocenters. The molecule has 1 heterocycles. The van der Waals surface area contributed by atoms with Gasteiger partial charge in [0, 0.05) is 18.3 Å². The van der Waals surface area contributed by atoms with E-state index in [2.05, 4.69) is 33.5 Å². The highest BCUT2D eigenvalue weighted by atomic mass is 32.2. The Morgan fingerprint density at radius 1 is 1.04 bits per heavy atom. The van der Waals surface area contributed by atoms with Crippen molar-refractivity contribution in [1.82, 2.24) is 15.3 Å². The number of para-hydroxylation sites is 2. The van der Waals surface area contributed by atoms with Gasteiger partial charge in [0.15, 0.2) is 5.16 Å². The Balaban J connectivity index is 1.15. The van der Waals surface area contributed by atoms with Gasteiger partial charge >= 0.3 is 0 Å². The number of aromatic amines is 1. The summed E-state index contributed by atoms with van der Waals surface area (Å²) in [4.78, 5) is 8.06. The Hall–Kier alpha value is -1.00. The van der Waals surface area contributed by atoms with Crippen molar-refractivity contribution in [2.45, 2.75) is 43.3 Å². The molecule has 0 amide bonds. The van der Waals surface area contributed by atoms with Crippen LogP contribution in [0.5, 0.6) is 0 Å². The van der Waals surface area contributed by atoms with Gasteiger partial charge in [-0.15, -0.1) is 0 Å². The van der Waals surface area contributed by atoms with Crippen LogP contribution in [-0.4, -0.2) is 28.3 Å². The van der Waals surface area contributed by atoms with Crippen LogP contribution in [0.15, 0.2) is 29.4 Å². The lowest BCUT2D eigenvalue weighted by molar-refractivity contribution is -0.0128. The molecule has 4 aliphatic rings. The van der Waals surface area contributed by atoms with Crippen LogP contribution in [0.4, 0.5) is 0 Å². The van der Waals surface area contributed by atoms with E-state index in [1.807, 2.05) is 17.8 Å². The molecule has 0 radical (unpaired) electrons. The SMILES string of the molecule is c1ccc2[nH]c(SCCNC3C4CC5CC(C4)CC3C5)nc2c1. The fraction of sp³-hybridized carbons (Fsp3) is 0.632. The number of imidazole rings is 1. The molecule has 1 aromatic heterocycles. The monoisotopic (exact) mass is 327 g/mol. The van der Waals surface area contributed by atoms with Gasteiger partial charge < -0.3 is 10.3 Å². The number of hydrogen-bond acceptors (Lipinski definition) is 3. The molecule has 4 heteroatoms. The molecule has 2 aromatic rings. The molecule has 2 N–H and O–H groups in total. The van der Waals surface area contributed by atoms with Crippen molar-refractivity contribution < 1.29 is 0 Å². The number of aromatic nitrogens is 2. The van der Waals surface area contributed by atoms with Crippen LogP contribution >= 0.6 is 11.8 Å². The average molecular weight is 327 g/mol. The smallest absolute Gasteiger partial charge is 0.166 e. The van der Waals surface area contributed by atoms with Gasteiger partial charge in [-0.3, -0.25) is 0 Å². The summed E-state index contributed by atoms with van der Waals surface area (Å²) in [7, 11) is 0. The van der Waals surface area contributed by atoms with Crippen molar-refractivity contribution in [3.8, 4) is 0 Å². The molecule has 23 heavy (non-hydrogen) atoms. The van der Waals surface area contributed by atoms with Crippen LogP contribution < -0.4 is 5.32 Å². The number of thioether (sulfide) groups is 1. The number of rotatable bonds is 5. The molecular formula is C19H25N3S. The van der Waals surface area contributed by atoms with E-state index in [-0.39, 0.29) is 0 Å². The van der Waals surface area contributed by atoms with E-state index in [9.17, 15) is 0 Å². The number of nitrogens with one attached hydrogen (secondary N) is 2. The van der Waals surface area contributed by atoms with Crippen LogP contribution in [0.1, 0.15) is 32.1 Å². The van der Waals surface area contributed by atoms with E-state index >= 15 is 0 Å². The van der Waals surface area contributed by atoms with Gasteiger partial charge in [0.25, 0.3) is 0 Å². The lowest BCUT2D eigenvalue weighted by Gasteiger charge is -2.54. The largest absolute Gasteiger partial charge is 0.333 e. The summed E-state index contributed by atoms with van der Waals surface area (Å²) in [6.07, 6.45) is 7.55. The predicted octanol–water partition coefficient (Wildman–Crippen LogP) is 4.07. The second-order valence-corrected chi connectivity index (χ2v) is 8.90. The molecule has 122 valence electrons. The van der Waals surface area contributed by atoms with E-state index in [1.54, 1.807) is 6.42 Å². The topological polar surface area (TPSA) is 40.7 Å². The van der Waals surface area contributed by atoms with Crippen LogP contribution in [0.2, 0.25) is 0 Å². The van der Waals surface area contributed by atoms with Crippen LogP contribution in [0.3, 0.4) is 0 Å². The Kier molecular flexibility index (Phi) is 3.63. The van der Waals surface area contributed by atoms with E-state index in [0.29, 0.717) is 0 Å². The van der Waals surface area contributed by atoms with Crippen molar-refractivity contribution >= 4 is 22.8 Å². The van der Waals surface area contributed by atoms with Gasteiger partial charge in [0.05, 0.1) is 11.0 Å². The van der Waals surface area contributed by atoms with E-state index in [4.69, 9.17) is 0 Å². The predicted molar refractivity (Wildman–Crippen MR) is 95.7 cm³/mol. The zero-order valence-corrected chi connectivity index (χ0v) is 14.3. The molecule has 0 atom stereocenters. The van der Waals surface area contributed by atoms with Gasteiger partial charge in [-0.1, -0.05) is 23.9 Å². The Bertz CT molecular complexity index is 634. The van der Waals surface area contributed by atoms with E-state index < -0.39 is 0 Å². The maximum atomic E-state index is 4.65. The third kappa shape index (κ3) is 2.70. The van der Waals surface area contributed by atoms with Gasteiger partial charge in [0.1, 0.15) is 0 Å². The third-order valence-corrected chi connectivity index (χ3v) is 7.19. The summed E-state index contributed by atoms with van der Waals surface area (Å²) in [5, 5.41) is 4.96. The highest BCUT2D eigenvalue weighted by Gasteiger charge is 2.47. The Labute approximate surface area is 142 Å². The lowest BCUT2D eigenvalue weighted by Crippen LogP contribution is -2.54. The minimum atomic E-state index is 0.805. The van der Waals surface area contributed by atoms with Crippen LogP contribution in [-0.2, 0) is 0 Å². The fourth-order valence-electron chi connectivity index (χ4n) is 5.63. The van der Waals surface area contributed by atoms with Crippen molar-refractivity contribution in [2.24, 2.45) is 23.7 Å². The molecular weight excluding hydrogens is 302 g/mol. The summed E-state index contributed by atoms with van der Waals surface area (Å²) in [6.45, 7) is 1.11. The summed E-state index contributed by atoms with van der Waals surface area (Å²) in [6, 6.07) is 9.08. The lowest BCUT2D eigenvalue weighted by atomic mass is 9.54. The first-order chi connectivity index (χ1) is 11.3. The summed E-state index contributed by atoms with van der Waals surface area (Å²) in [5.74, 6) is 5.19. The second kappa shape index (κ2) is 5.82. The number of fused-ring (bicyclic) bond motifs is 1. The van der Waals surface area contributed by atoms with Crippen molar-refractivity contribution in [2.75, 3.05) is 12.3 Å². The first-order valence-electron chi connectivity index (χ1n) is 9.16. The van der Waals surface area contributed by atoms with Crippen molar-refractivity contribution in [1.29, 1.82) is 0 Å². The van der Waals surface area contributed by atoms with Crippen molar-refractivity contribution in [3.05, 3.63) is 24.3 Å². The summed E-state index contributed by atoms with van der Waals surface area (Å²) >= 11 is 1.84. The molecule has 4 aliphatic carbocycles. The van der Waals surface area contributed by atoms with Gasteiger partial charge in [-0.2, -0.15) is 0 Å². The Morgan fingerprint density at radius 3 is 2.52 bits per heavy atom. The molecule has 4 fully saturated rings. The van der Waals surface area contributed by atoms with E-state index in [1.165, 1.54) is 25.7 Å². The molecule has 0 saturated heterocycles. The zero-order chi connectivity index (χ0) is 15.2. The molecule has 6 rings (SSSR count). The maximum Gasteiger partial charge on any atom is 0.166 e. The number of nitrogens with zero attached hydrogens (tertiary/aromatic N) is 1. The van der Waals surface area contributed by atoms with E-state index in [0.717, 1.165) is 58.2 Å². The van der Waals surface area contributed by atoms with Crippen LogP contribution in [0.25, 0.3) is 11.0 Å². The standard InChI is InChI=1S/C19H25N3S/c1-2-4-17-16(3-1)21-19(22-17)23-6-5-20-18-14-8-12-7-13(10-14)11-15(18)9-12/h1-4,12-15,18,20H,5-11H2,(H,21,22). The first kappa shape index (κ1) is 14.4. The quantitative estimate of drug-likeness (QED) is 0.642. The number of hydrogen-bond donors (Lipinski definition) is 2. The average Bonchev–Trinajstić information content (AvgIpc) is 2.95. The second-order valence-electron chi connectivity index (χ2n) is 7.82. The van der Waals surface area contributed by atoms with Crippen molar-refractivity contribution in [3.63, 3.8) is 0 Å². The molecule has 0 spiro atoms. The minimum Gasteiger partial charge on any atom is -0.333 e. The van der Waals surface area contributed by atoms with Gasteiger partial charge in [-0.25, -0.2) is 4.98 Å². The Morgan fingerprint density at radius 2 is 1.78 bits per heavy atom. The first-order valence-corrected chi connectivity index (χ1v) is 10.1. The highest BCUT2D eigenvalue weighted by molar-refractivity contribution is 7.99. The maximum absolute atomic E-state index is 4.65.